The fraction of sp³-hybridized carbons (Fsp3) is 0.235. The van der Waals surface area contributed by atoms with Crippen molar-refractivity contribution in [2.45, 2.75) is 24.8 Å². The van der Waals surface area contributed by atoms with E-state index in [0.29, 0.717) is 28.6 Å². The molecule has 4 aromatic rings. The molecule has 0 spiro atoms. The second-order valence-corrected chi connectivity index (χ2v) is 7.67. The lowest BCUT2D eigenvalue weighted by Gasteiger charge is -1.99. The summed E-state index contributed by atoms with van der Waals surface area (Å²) in [6.07, 6.45) is 0. The molecule has 0 N–H and O–H groups in total. The molecule has 0 bridgehead atoms. The topological polar surface area (TPSA) is 100.0 Å². The number of benzene rings is 1. The van der Waals surface area contributed by atoms with Crippen molar-refractivity contribution in [1.82, 2.24) is 25.4 Å². The summed E-state index contributed by atoms with van der Waals surface area (Å²) in [4.78, 5) is 5.27. The van der Waals surface area contributed by atoms with Gasteiger partial charge < -0.3 is 13.6 Å². The average Bonchev–Trinajstić information content (AvgIpc) is 3.40. The van der Waals surface area contributed by atoms with Crippen molar-refractivity contribution >= 4 is 23.1 Å². The van der Waals surface area contributed by atoms with Crippen LogP contribution in [0.4, 0.5) is 0 Å². The van der Waals surface area contributed by atoms with Crippen LogP contribution in [0, 0.1) is 13.8 Å². The number of hydrogen-bond acceptors (Lipinski definition) is 10. The Morgan fingerprint density at radius 2 is 1.78 bits per heavy atom. The van der Waals surface area contributed by atoms with Gasteiger partial charge in [0.1, 0.15) is 10.6 Å². The van der Waals surface area contributed by atoms with Crippen molar-refractivity contribution in [2.75, 3.05) is 7.11 Å². The lowest BCUT2D eigenvalue weighted by Crippen LogP contribution is -1.82. The molecule has 0 fully saturated rings. The lowest BCUT2D eigenvalue weighted by atomic mass is 10.2. The molecule has 0 saturated carbocycles. The number of rotatable bonds is 6. The minimum atomic E-state index is 0.436. The lowest BCUT2D eigenvalue weighted by molar-refractivity contribution is 0.415. The van der Waals surface area contributed by atoms with E-state index in [1.165, 1.54) is 23.1 Å². The number of thioether (sulfide) groups is 1. The molecule has 3 aromatic heterocycles. The first-order valence-electron chi connectivity index (χ1n) is 8.00. The number of hydrogen-bond donors (Lipinski definition) is 0. The van der Waals surface area contributed by atoms with Crippen molar-refractivity contribution in [3.05, 3.63) is 40.9 Å². The zero-order chi connectivity index (χ0) is 18.8. The van der Waals surface area contributed by atoms with Crippen LogP contribution in [0.2, 0.25) is 0 Å². The Morgan fingerprint density at radius 1 is 1.00 bits per heavy atom. The Morgan fingerprint density at radius 3 is 2.48 bits per heavy atom. The molecular weight excluding hydrogens is 386 g/mol. The highest BCUT2D eigenvalue weighted by Gasteiger charge is 2.16. The Labute approximate surface area is 163 Å². The third-order valence-corrected chi connectivity index (χ3v) is 5.49. The van der Waals surface area contributed by atoms with Crippen molar-refractivity contribution in [3.63, 3.8) is 0 Å². The predicted octanol–water partition coefficient (Wildman–Crippen LogP) is 4.16. The van der Waals surface area contributed by atoms with E-state index >= 15 is 0 Å². The minimum absolute atomic E-state index is 0.436. The fourth-order valence-corrected chi connectivity index (χ4v) is 3.82. The Hall–Kier alpha value is -2.72. The minimum Gasteiger partial charge on any atom is -0.497 e. The van der Waals surface area contributed by atoms with E-state index < -0.39 is 0 Å². The molecule has 0 saturated heterocycles. The first-order valence-corrected chi connectivity index (χ1v) is 9.80. The maximum atomic E-state index is 5.71. The molecule has 0 atom stereocenters. The van der Waals surface area contributed by atoms with E-state index in [9.17, 15) is 0 Å². The third kappa shape index (κ3) is 3.86. The zero-order valence-electron chi connectivity index (χ0n) is 14.8. The highest BCUT2D eigenvalue weighted by atomic mass is 32.2. The number of thiazole rings is 1. The van der Waals surface area contributed by atoms with Gasteiger partial charge in [0.25, 0.3) is 11.1 Å². The van der Waals surface area contributed by atoms with Crippen molar-refractivity contribution in [2.24, 2.45) is 0 Å². The van der Waals surface area contributed by atoms with Gasteiger partial charge in [-0.1, -0.05) is 11.8 Å². The third-order valence-electron chi connectivity index (χ3n) is 3.63. The summed E-state index contributed by atoms with van der Waals surface area (Å²) in [6.45, 7) is 3.87. The van der Waals surface area contributed by atoms with Gasteiger partial charge in [-0.15, -0.1) is 31.7 Å². The molecule has 0 aliphatic heterocycles. The summed E-state index contributed by atoms with van der Waals surface area (Å²) in [5, 5.41) is 17.7. The zero-order valence-corrected chi connectivity index (χ0v) is 16.4. The van der Waals surface area contributed by atoms with Gasteiger partial charge in [-0.3, -0.25) is 0 Å². The second-order valence-electron chi connectivity index (χ2n) is 5.54. The first-order chi connectivity index (χ1) is 13.1. The van der Waals surface area contributed by atoms with Crippen LogP contribution in [0.15, 0.2) is 38.3 Å². The number of methoxy groups -OCH3 is 1. The molecule has 0 aliphatic carbocycles. The summed E-state index contributed by atoms with van der Waals surface area (Å²) in [5.41, 5.74) is 1.72. The standard InChI is InChI=1S/C17H15N5O3S2/c1-9-14(27-10(2)18-9)16-21-22-17(25-16)26-8-13-19-20-15(24-13)11-4-6-12(23-3)7-5-11/h4-7H,8H2,1-3H3. The molecule has 27 heavy (non-hydrogen) atoms. The SMILES string of the molecule is COc1ccc(-c2nnc(CSc3nnc(-c4sc(C)nc4C)o3)o2)cc1. The van der Waals surface area contributed by atoms with Crippen LogP contribution >= 0.6 is 23.1 Å². The van der Waals surface area contributed by atoms with E-state index in [4.69, 9.17) is 13.6 Å². The first kappa shape index (κ1) is 17.7. The van der Waals surface area contributed by atoms with Gasteiger partial charge in [-0.05, 0) is 38.1 Å². The van der Waals surface area contributed by atoms with Crippen LogP contribution in [-0.2, 0) is 5.75 Å². The van der Waals surface area contributed by atoms with Crippen molar-refractivity contribution < 1.29 is 13.6 Å². The van der Waals surface area contributed by atoms with Gasteiger partial charge >= 0.3 is 0 Å². The molecule has 0 radical (unpaired) electrons. The Balaban J connectivity index is 1.42. The van der Waals surface area contributed by atoms with Crippen LogP contribution in [0.25, 0.3) is 22.2 Å². The maximum Gasteiger partial charge on any atom is 0.277 e. The maximum absolute atomic E-state index is 5.71. The van der Waals surface area contributed by atoms with Gasteiger partial charge in [-0.2, -0.15) is 0 Å². The summed E-state index contributed by atoms with van der Waals surface area (Å²) >= 11 is 2.88. The normalized spacial score (nSPS) is 11.1. The number of ether oxygens (including phenoxy) is 1. The molecule has 1 aromatic carbocycles. The molecule has 3 heterocycles. The molecule has 10 heteroatoms. The molecule has 4 rings (SSSR count). The van der Waals surface area contributed by atoms with Crippen LogP contribution in [-0.4, -0.2) is 32.5 Å². The van der Waals surface area contributed by atoms with E-state index in [1.807, 2.05) is 38.1 Å². The summed E-state index contributed by atoms with van der Waals surface area (Å²) < 4.78 is 16.6. The van der Waals surface area contributed by atoms with E-state index in [2.05, 4.69) is 25.4 Å². The summed E-state index contributed by atoms with van der Waals surface area (Å²) in [5.74, 6) is 2.62. The predicted molar refractivity (Wildman–Crippen MR) is 101 cm³/mol. The van der Waals surface area contributed by atoms with Crippen molar-refractivity contribution in [1.29, 1.82) is 0 Å². The van der Waals surface area contributed by atoms with Gasteiger partial charge in [0.05, 0.1) is 23.6 Å². The molecular formula is C17H15N5O3S2. The monoisotopic (exact) mass is 401 g/mol. The van der Waals surface area contributed by atoms with Gasteiger partial charge in [0, 0.05) is 5.56 Å². The van der Waals surface area contributed by atoms with Crippen LogP contribution < -0.4 is 4.74 Å². The van der Waals surface area contributed by atoms with Gasteiger partial charge in [0.2, 0.25) is 11.8 Å². The molecule has 0 unspecified atom stereocenters. The summed E-state index contributed by atoms with van der Waals surface area (Å²) in [6, 6.07) is 7.42. The largest absolute Gasteiger partial charge is 0.497 e. The molecule has 0 amide bonds. The average molecular weight is 401 g/mol. The van der Waals surface area contributed by atoms with Gasteiger partial charge in [-0.25, -0.2) is 4.98 Å². The van der Waals surface area contributed by atoms with Crippen molar-refractivity contribution in [3.8, 4) is 28.0 Å². The van der Waals surface area contributed by atoms with E-state index in [-0.39, 0.29) is 0 Å². The quantitative estimate of drug-likeness (QED) is 0.441. The Kier molecular flexibility index (Phi) is 4.90. The molecule has 0 aliphatic rings. The second kappa shape index (κ2) is 7.49. The summed E-state index contributed by atoms with van der Waals surface area (Å²) in [7, 11) is 1.62. The number of nitrogens with zero attached hydrogens (tertiary/aromatic N) is 5. The molecule has 8 nitrogen and oxygen atoms in total. The highest BCUT2D eigenvalue weighted by molar-refractivity contribution is 7.98. The number of aryl methyl sites for hydroxylation is 2. The Bertz CT molecular complexity index is 1050. The highest BCUT2D eigenvalue weighted by Crippen LogP contribution is 2.31. The van der Waals surface area contributed by atoms with Gasteiger partial charge in [0.15, 0.2) is 0 Å². The fourth-order valence-electron chi connectivity index (χ4n) is 2.38. The van der Waals surface area contributed by atoms with Crippen LogP contribution in [0.1, 0.15) is 16.6 Å². The van der Waals surface area contributed by atoms with E-state index in [0.717, 1.165) is 26.9 Å². The van der Waals surface area contributed by atoms with E-state index in [1.54, 1.807) is 7.11 Å². The van der Waals surface area contributed by atoms with Crippen LogP contribution in [0.5, 0.6) is 5.75 Å². The van der Waals surface area contributed by atoms with Crippen LogP contribution in [0.3, 0.4) is 0 Å². The molecule has 138 valence electrons. The number of aromatic nitrogens is 5. The smallest absolute Gasteiger partial charge is 0.277 e.